The highest BCUT2D eigenvalue weighted by atomic mass is 19.1. The standard InChI is InChI=1S/C16H21FN2O2/c1-10(2)15-16(21)19(7-6-14(20)18-15)9-12-8-13(17)5-4-11(12)3/h4-5,8,10,15H,6-7,9H2,1-3H3,(H,18,20). The maximum absolute atomic E-state index is 13.4. The largest absolute Gasteiger partial charge is 0.344 e. The van der Waals surface area contributed by atoms with Gasteiger partial charge in [0, 0.05) is 19.5 Å². The second kappa shape index (κ2) is 6.24. The van der Waals surface area contributed by atoms with Crippen LogP contribution in [0.15, 0.2) is 18.2 Å². The Labute approximate surface area is 124 Å². The Morgan fingerprint density at radius 1 is 1.38 bits per heavy atom. The van der Waals surface area contributed by atoms with Crippen molar-refractivity contribution in [2.24, 2.45) is 5.92 Å². The molecule has 1 aromatic carbocycles. The summed E-state index contributed by atoms with van der Waals surface area (Å²) < 4.78 is 13.4. The minimum absolute atomic E-state index is 0.0238. The van der Waals surface area contributed by atoms with Gasteiger partial charge >= 0.3 is 0 Å². The average Bonchev–Trinajstić information content (AvgIpc) is 2.56. The number of amides is 2. The lowest BCUT2D eigenvalue weighted by Gasteiger charge is -2.26. The zero-order chi connectivity index (χ0) is 15.6. The highest BCUT2D eigenvalue weighted by molar-refractivity contribution is 5.90. The van der Waals surface area contributed by atoms with Crippen molar-refractivity contribution in [2.75, 3.05) is 6.54 Å². The monoisotopic (exact) mass is 292 g/mol. The SMILES string of the molecule is Cc1ccc(F)cc1CN1CCC(=O)NC(C(C)C)C1=O. The molecular formula is C16H21FN2O2. The molecule has 1 aliphatic rings. The molecule has 1 heterocycles. The quantitative estimate of drug-likeness (QED) is 0.926. The van der Waals surface area contributed by atoms with E-state index in [0.717, 1.165) is 11.1 Å². The molecule has 114 valence electrons. The minimum Gasteiger partial charge on any atom is -0.344 e. The van der Waals surface area contributed by atoms with Gasteiger partial charge in [0.05, 0.1) is 0 Å². The predicted molar refractivity (Wildman–Crippen MR) is 77.9 cm³/mol. The van der Waals surface area contributed by atoms with E-state index in [2.05, 4.69) is 5.32 Å². The molecule has 1 aliphatic heterocycles. The van der Waals surface area contributed by atoms with E-state index in [-0.39, 0.29) is 30.0 Å². The zero-order valence-electron chi connectivity index (χ0n) is 12.6. The zero-order valence-corrected chi connectivity index (χ0v) is 12.6. The summed E-state index contributed by atoms with van der Waals surface area (Å²) in [5, 5.41) is 2.77. The molecule has 2 rings (SSSR count). The van der Waals surface area contributed by atoms with Crippen LogP contribution < -0.4 is 5.32 Å². The van der Waals surface area contributed by atoms with Crippen molar-refractivity contribution in [3.8, 4) is 0 Å². The number of carbonyl (C=O) groups excluding carboxylic acids is 2. The molecule has 0 aromatic heterocycles. The first-order valence-electron chi connectivity index (χ1n) is 7.21. The number of carbonyl (C=O) groups is 2. The topological polar surface area (TPSA) is 49.4 Å². The highest BCUT2D eigenvalue weighted by Crippen LogP contribution is 2.17. The normalized spacial score (nSPS) is 19.7. The van der Waals surface area contributed by atoms with Crippen LogP contribution in [0.1, 0.15) is 31.4 Å². The number of aryl methyl sites for hydroxylation is 1. The summed E-state index contributed by atoms with van der Waals surface area (Å²) in [6.07, 6.45) is 0.281. The van der Waals surface area contributed by atoms with Crippen molar-refractivity contribution in [1.29, 1.82) is 0 Å². The van der Waals surface area contributed by atoms with Crippen LogP contribution in [0.5, 0.6) is 0 Å². The molecule has 1 N–H and O–H groups in total. The Balaban J connectivity index is 2.23. The fraction of sp³-hybridized carbons (Fsp3) is 0.500. The van der Waals surface area contributed by atoms with Gasteiger partial charge in [-0.3, -0.25) is 9.59 Å². The van der Waals surface area contributed by atoms with Gasteiger partial charge in [-0.1, -0.05) is 19.9 Å². The fourth-order valence-corrected chi connectivity index (χ4v) is 2.48. The van der Waals surface area contributed by atoms with Crippen molar-refractivity contribution in [1.82, 2.24) is 10.2 Å². The van der Waals surface area contributed by atoms with E-state index in [4.69, 9.17) is 0 Å². The summed E-state index contributed by atoms with van der Waals surface area (Å²) in [6, 6.07) is 4.06. The van der Waals surface area contributed by atoms with E-state index >= 15 is 0 Å². The summed E-state index contributed by atoms with van der Waals surface area (Å²) in [5.74, 6) is -0.497. The summed E-state index contributed by atoms with van der Waals surface area (Å²) in [7, 11) is 0. The second-order valence-electron chi connectivity index (χ2n) is 5.87. The van der Waals surface area contributed by atoms with Gasteiger partial charge in [-0.25, -0.2) is 4.39 Å². The number of hydrogen-bond acceptors (Lipinski definition) is 2. The molecule has 0 aliphatic carbocycles. The van der Waals surface area contributed by atoms with Crippen LogP contribution in [-0.4, -0.2) is 29.3 Å². The molecule has 0 spiro atoms. The molecule has 1 unspecified atom stereocenters. The third kappa shape index (κ3) is 3.60. The van der Waals surface area contributed by atoms with Crippen molar-refractivity contribution in [3.05, 3.63) is 35.1 Å². The fourth-order valence-electron chi connectivity index (χ4n) is 2.48. The molecule has 0 saturated carbocycles. The Morgan fingerprint density at radius 2 is 2.10 bits per heavy atom. The molecule has 0 bridgehead atoms. The van der Waals surface area contributed by atoms with Crippen molar-refractivity contribution in [3.63, 3.8) is 0 Å². The number of nitrogens with one attached hydrogen (secondary N) is 1. The third-order valence-corrected chi connectivity index (χ3v) is 3.84. The molecule has 1 aromatic rings. The maximum Gasteiger partial charge on any atom is 0.245 e. The molecular weight excluding hydrogens is 271 g/mol. The van der Waals surface area contributed by atoms with Crippen LogP contribution in [-0.2, 0) is 16.1 Å². The van der Waals surface area contributed by atoms with Crippen molar-refractivity contribution >= 4 is 11.8 Å². The molecule has 2 amide bonds. The van der Waals surface area contributed by atoms with E-state index in [1.807, 2.05) is 20.8 Å². The maximum atomic E-state index is 13.4. The van der Waals surface area contributed by atoms with E-state index in [1.165, 1.54) is 12.1 Å². The van der Waals surface area contributed by atoms with Gasteiger partial charge in [0.25, 0.3) is 0 Å². The number of hydrogen-bond donors (Lipinski definition) is 1. The van der Waals surface area contributed by atoms with Crippen molar-refractivity contribution in [2.45, 2.75) is 39.8 Å². The van der Waals surface area contributed by atoms with Gasteiger partial charge in [0.15, 0.2) is 0 Å². The van der Waals surface area contributed by atoms with Gasteiger partial charge in [0.2, 0.25) is 11.8 Å². The number of nitrogens with zero attached hydrogens (tertiary/aromatic N) is 1. The summed E-state index contributed by atoms with van der Waals surface area (Å²) >= 11 is 0. The number of benzene rings is 1. The lowest BCUT2D eigenvalue weighted by Crippen LogP contribution is -2.47. The third-order valence-electron chi connectivity index (χ3n) is 3.84. The van der Waals surface area contributed by atoms with E-state index in [0.29, 0.717) is 13.1 Å². The number of rotatable bonds is 3. The number of halogens is 1. The van der Waals surface area contributed by atoms with Gasteiger partial charge in [-0.05, 0) is 36.1 Å². The summed E-state index contributed by atoms with van der Waals surface area (Å²) in [4.78, 5) is 25.9. The first-order valence-corrected chi connectivity index (χ1v) is 7.21. The van der Waals surface area contributed by atoms with Gasteiger partial charge < -0.3 is 10.2 Å². The Kier molecular flexibility index (Phi) is 4.60. The van der Waals surface area contributed by atoms with Gasteiger partial charge in [0.1, 0.15) is 11.9 Å². The first kappa shape index (κ1) is 15.5. The molecule has 1 fully saturated rings. The molecule has 21 heavy (non-hydrogen) atoms. The Bertz CT molecular complexity index is 557. The van der Waals surface area contributed by atoms with Crippen LogP contribution in [0.25, 0.3) is 0 Å². The molecule has 1 saturated heterocycles. The average molecular weight is 292 g/mol. The lowest BCUT2D eigenvalue weighted by atomic mass is 10.0. The lowest BCUT2D eigenvalue weighted by molar-refractivity contribution is -0.135. The van der Waals surface area contributed by atoms with Gasteiger partial charge in [-0.15, -0.1) is 0 Å². The Morgan fingerprint density at radius 3 is 2.76 bits per heavy atom. The molecule has 5 heteroatoms. The van der Waals surface area contributed by atoms with Crippen LogP contribution in [0.4, 0.5) is 4.39 Å². The van der Waals surface area contributed by atoms with Crippen LogP contribution >= 0.6 is 0 Å². The molecule has 4 nitrogen and oxygen atoms in total. The summed E-state index contributed by atoms with van der Waals surface area (Å²) in [5.41, 5.74) is 1.72. The smallest absolute Gasteiger partial charge is 0.245 e. The highest BCUT2D eigenvalue weighted by Gasteiger charge is 2.31. The van der Waals surface area contributed by atoms with E-state index in [1.54, 1.807) is 11.0 Å². The predicted octanol–water partition coefficient (Wildman–Crippen LogP) is 2.01. The summed E-state index contributed by atoms with van der Waals surface area (Å²) in [6.45, 7) is 6.39. The second-order valence-corrected chi connectivity index (χ2v) is 5.87. The Hall–Kier alpha value is -1.91. The molecule has 0 radical (unpaired) electrons. The van der Waals surface area contributed by atoms with Crippen molar-refractivity contribution < 1.29 is 14.0 Å². The molecule has 1 atom stereocenters. The van der Waals surface area contributed by atoms with E-state index in [9.17, 15) is 14.0 Å². The van der Waals surface area contributed by atoms with Gasteiger partial charge in [-0.2, -0.15) is 0 Å². The first-order chi connectivity index (χ1) is 9.88. The van der Waals surface area contributed by atoms with Crippen LogP contribution in [0.3, 0.4) is 0 Å². The minimum atomic E-state index is -0.506. The van der Waals surface area contributed by atoms with Crippen LogP contribution in [0, 0.1) is 18.7 Å². The van der Waals surface area contributed by atoms with Crippen LogP contribution in [0.2, 0.25) is 0 Å². The van der Waals surface area contributed by atoms with E-state index < -0.39 is 6.04 Å².